The molecule has 1 fully saturated rings. The standard InChI is InChI=1S/C13H22N2O4/c1-12(2,8-10(17)18)7-9(16)15-6-5-14-11(19)13(15,3)4/h5-8H2,1-4H3,(H,14,19)(H,17,18). The van der Waals surface area contributed by atoms with Crippen LogP contribution >= 0.6 is 0 Å². The maximum atomic E-state index is 12.3. The van der Waals surface area contributed by atoms with Crippen LogP contribution in [0.4, 0.5) is 0 Å². The molecule has 108 valence electrons. The minimum Gasteiger partial charge on any atom is -0.481 e. The van der Waals surface area contributed by atoms with E-state index >= 15 is 0 Å². The van der Waals surface area contributed by atoms with Crippen molar-refractivity contribution in [3.8, 4) is 0 Å². The van der Waals surface area contributed by atoms with Gasteiger partial charge >= 0.3 is 5.97 Å². The molecule has 1 heterocycles. The average Bonchev–Trinajstić information content (AvgIpc) is 2.18. The van der Waals surface area contributed by atoms with E-state index < -0.39 is 16.9 Å². The fourth-order valence-electron chi connectivity index (χ4n) is 2.31. The lowest BCUT2D eigenvalue weighted by atomic mass is 9.84. The quantitative estimate of drug-likeness (QED) is 0.783. The molecule has 1 aliphatic heterocycles. The summed E-state index contributed by atoms with van der Waals surface area (Å²) in [4.78, 5) is 36.4. The van der Waals surface area contributed by atoms with E-state index in [2.05, 4.69) is 5.32 Å². The van der Waals surface area contributed by atoms with Crippen molar-refractivity contribution in [2.24, 2.45) is 5.41 Å². The number of nitrogens with one attached hydrogen (secondary N) is 1. The van der Waals surface area contributed by atoms with Crippen LogP contribution < -0.4 is 5.32 Å². The number of piperazine rings is 1. The first-order valence-corrected chi connectivity index (χ1v) is 6.37. The molecule has 0 aliphatic carbocycles. The summed E-state index contributed by atoms with van der Waals surface area (Å²) in [7, 11) is 0. The molecular formula is C13H22N2O4. The second kappa shape index (κ2) is 5.19. The average molecular weight is 270 g/mol. The van der Waals surface area contributed by atoms with Crippen molar-refractivity contribution in [3.63, 3.8) is 0 Å². The third kappa shape index (κ3) is 3.68. The molecule has 0 atom stereocenters. The summed E-state index contributed by atoms with van der Waals surface area (Å²) < 4.78 is 0. The van der Waals surface area contributed by atoms with Crippen molar-refractivity contribution in [3.05, 3.63) is 0 Å². The van der Waals surface area contributed by atoms with Gasteiger partial charge in [0.15, 0.2) is 0 Å². The van der Waals surface area contributed by atoms with Crippen LogP contribution in [0, 0.1) is 5.41 Å². The number of hydrogen-bond acceptors (Lipinski definition) is 3. The van der Waals surface area contributed by atoms with E-state index in [1.54, 1.807) is 27.7 Å². The second-order valence-corrected chi connectivity index (χ2v) is 6.27. The number of hydrogen-bond donors (Lipinski definition) is 2. The van der Waals surface area contributed by atoms with E-state index in [-0.39, 0.29) is 24.7 Å². The number of carbonyl (C=O) groups is 3. The molecule has 6 nitrogen and oxygen atoms in total. The van der Waals surface area contributed by atoms with Crippen LogP contribution in [0.1, 0.15) is 40.5 Å². The van der Waals surface area contributed by atoms with Gasteiger partial charge in [-0.2, -0.15) is 0 Å². The Kier molecular flexibility index (Phi) is 4.22. The highest BCUT2D eigenvalue weighted by Crippen LogP contribution is 2.28. The fourth-order valence-corrected chi connectivity index (χ4v) is 2.31. The zero-order chi connectivity index (χ0) is 14.8. The summed E-state index contributed by atoms with van der Waals surface area (Å²) in [6, 6.07) is 0. The summed E-state index contributed by atoms with van der Waals surface area (Å²) in [5, 5.41) is 11.6. The Morgan fingerprint density at radius 2 is 1.95 bits per heavy atom. The van der Waals surface area contributed by atoms with Crippen LogP contribution in [0.25, 0.3) is 0 Å². The first kappa shape index (κ1) is 15.5. The molecule has 0 spiro atoms. The third-order valence-corrected chi connectivity index (χ3v) is 3.41. The fraction of sp³-hybridized carbons (Fsp3) is 0.769. The van der Waals surface area contributed by atoms with E-state index in [1.165, 1.54) is 4.90 Å². The number of rotatable bonds is 4. The number of carboxylic acid groups (broad SMARTS) is 1. The molecule has 0 aromatic carbocycles. The van der Waals surface area contributed by atoms with E-state index in [0.29, 0.717) is 13.1 Å². The van der Waals surface area contributed by atoms with Gasteiger partial charge in [-0.05, 0) is 19.3 Å². The lowest BCUT2D eigenvalue weighted by Gasteiger charge is -2.42. The Balaban J connectivity index is 2.77. The summed E-state index contributed by atoms with van der Waals surface area (Å²) >= 11 is 0. The Bertz CT molecular complexity index is 401. The van der Waals surface area contributed by atoms with Crippen molar-refractivity contribution in [1.82, 2.24) is 10.2 Å². The van der Waals surface area contributed by atoms with E-state index in [1.807, 2.05) is 0 Å². The molecule has 19 heavy (non-hydrogen) atoms. The van der Waals surface area contributed by atoms with Crippen molar-refractivity contribution in [1.29, 1.82) is 0 Å². The van der Waals surface area contributed by atoms with Crippen molar-refractivity contribution in [2.75, 3.05) is 13.1 Å². The highest BCUT2D eigenvalue weighted by molar-refractivity contribution is 5.92. The lowest BCUT2D eigenvalue weighted by molar-refractivity contribution is -0.151. The number of amides is 2. The normalized spacial score (nSPS) is 18.9. The van der Waals surface area contributed by atoms with Gasteiger partial charge in [0, 0.05) is 19.5 Å². The van der Waals surface area contributed by atoms with Gasteiger partial charge in [-0.25, -0.2) is 0 Å². The molecule has 0 radical (unpaired) electrons. The summed E-state index contributed by atoms with van der Waals surface area (Å²) in [5.41, 5.74) is -1.50. The van der Waals surface area contributed by atoms with Gasteiger partial charge in [0.05, 0.1) is 6.42 Å². The third-order valence-electron chi connectivity index (χ3n) is 3.41. The van der Waals surface area contributed by atoms with Gasteiger partial charge < -0.3 is 15.3 Å². The molecular weight excluding hydrogens is 248 g/mol. The maximum Gasteiger partial charge on any atom is 0.303 e. The van der Waals surface area contributed by atoms with Crippen LogP contribution in [0.15, 0.2) is 0 Å². The highest BCUT2D eigenvalue weighted by atomic mass is 16.4. The predicted molar refractivity (Wildman–Crippen MR) is 69.5 cm³/mol. The summed E-state index contributed by atoms with van der Waals surface area (Å²) in [5.74, 6) is -1.28. The second-order valence-electron chi connectivity index (χ2n) is 6.27. The minimum absolute atomic E-state index is 0.0702. The Morgan fingerprint density at radius 3 is 2.47 bits per heavy atom. The molecule has 1 rings (SSSR count). The monoisotopic (exact) mass is 270 g/mol. The van der Waals surface area contributed by atoms with Gasteiger partial charge in [0.1, 0.15) is 5.54 Å². The highest BCUT2D eigenvalue weighted by Gasteiger charge is 2.41. The molecule has 0 bridgehead atoms. The molecule has 0 unspecified atom stereocenters. The number of carboxylic acids is 1. The van der Waals surface area contributed by atoms with Crippen molar-refractivity contribution < 1.29 is 19.5 Å². The molecule has 6 heteroatoms. The Labute approximate surface area is 113 Å². The maximum absolute atomic E-state index is 12.3. The van der Waals surface area contributed by atoms with Gasteiger partial charge in [-0.1, -0.05) is 13.8 Å². The van der Waals surface area contributed by atoms with E-state index in [9.17, 15) is 14.4 Å². The van der Waals surface area contributed by atoms with Crippen LogP contribution in [0.2, 0.25) is 0 Å². The van der Waals surface area contributed by atoms with Gasteiger partial charge in [-0.3, -0.25) is 14.4 Å². The largest absolute Gasteiger partial charge is 0.481 e. The van der Waals surface area contributed by atoms with Crippen LogP contribution in [0.5, 0.6) is 0 Å². The first-order valence-electron chi connectivity index (χ1n) is 6.37. The molecule has 0 aromatic rings. The molecule has 1 saturated heterocycles. The number of nitrogens with zero attached hydrogens (tertiary/aromatic N) is 1. The predicted octanol–water partition coefficient (Wildman–Crippen LogP) is 0.614. The summed E-state index contributed by atoms with van der Waals surface area (Å²) in [6.07, 6.45) is 0.0508. The lowest BCUT2D eigenvalue weighted by Crippen LogP contribution is -2.63. The molecule has 1 aliphatic rings. The number of aliphatic carboxylic acids is 1. The van der Waals surface area contributed by atoms with Gasteiger partial charge in [0.25, 0.3) is 0 Å². The van der Waals surface area contributed by atoms with Crippen LogP contribution in [0.3, 0.4) is 0 Å². The smallest absolute Gasteiger partial charge is 0.303 e. The molecule has 2 amide bonds. The Morgan fingerprint density at radius 1 is 1.37 bits per heavy atom. The molecule has 0 saturated carbocycles. The summed E-state index contributed by atoms with van der Waals surface area (Å²) in [6.45, 7) is 7.79. The van der Waals surface area contributed by atoms with Crippen LogP contribution in [-0.4, -0.2) is 46.4 Å². The zero-order valence-electron chi connectivity index (χ0n) is 11.9. The Hall–Kier alpha value is -1.59. The molecule has 2 N–H and O–H groups in total. The van der Waals surface area contributed by atoms with E-state index in [0.717, 1.165) is 0 Å². The topological polar surface area (TPSA) is 86.7 Å². The van der Waals surface area contributed by atoms with Gasteiger partial charge in [-0.15, -0.1) is 0 Å². The molecule has 0 aromatic heterocycles. The zero-order valence-corrected chi connectivity index (χ0v) is 11.9. The van der Waals surface area contributed by atoms with Gasteiger partial charge in [0.2, 0.25) is 11.8 Å². The van der Waals surface area contributed by atoms with Crippen molar-refractivity contribution >= 4 is 17.8 Å². The van der Waals surface area contributed by atoms with E-state index in [4.69, 9.17) is 5.11 Å². The van der Waals surface area contributed by atoms with Crippen LogP contribution in [-0.2, 0) is 14.4 Å². The van der Waals surface area contributed by atoms with Crippen molar-refractivity contribution in [2.45, 2.75) is 46.1 Å². The number of carbonyl (C=O) groups excluding carboxylic acids is 2. The first-order chi connectivity index (χ1) is 8.56. The minimum atomic E-state index is -0.923. The SMILES string of the molecule is CC(C)(CC(=O)O)CC(=O)N1CCNC(=O)C1(C)C.